The summed E-state index contributed by atoms with van der Waals surface area (Å²) < 4.78 is 5.35. The normalized spacial score (nSPS) is 12.6. The fourth-order valence-corrected chi connectivity index (χ4v) is 2.51. The number of aryl methyl sites for hydroxylation is 1. The molecule has 1 aromatic carbocycles. The monoisotopic (exact) mass is 462 g/mol. The van der Waals surface area contributed by atoms with Crippen LogP contribution in [0.3, 0.4) is 0 Å². The number of hydrogen-bond donors (Lipinski definition) is 2. The summed E-state index contributed by atoms with van der Waals surface area (Å²) >= 11 is 0. The molecule has 0 aliphatic rings. The number of nitrogens with one attached hydrogen (secondary N) is 2. The highest BCUT2D eigenvalue weighted by Crippen LogP contribution is 2.18. The minimum absolute atomic E-state index is 0. The van der Waals surface area contributed by atoms with E-state index in [4.69, 9.17) is 4.74 Å². The summed E-state index contributed by atoms with van der Waals surface area (Å²) in [5, 5.41) is 6.76. The van der Waals surface area contributed by atoms with Crippen molar-refractivity contribution >= 4 is 29.9 Å². The van der Waals surface area contributed by atoms with E-state index in [1.54, 1.807) is 7.05 Å². The van der Waals surface area contributed by atoms with Crippen molar-refractivity contribution in [2.75, 3.05) is 47.4 Å². The Kier molecular flexibility index (Phi) is 13.8. The van der Waals surface area contributed by atoms with Gasteiger partial charge in [-0.1, -0.05) is 31.2 Å². The van der Waals surface area contributed by atoms with E-state index in [2.05, 4.69) is 65.8 Å². The lowest BCUT2D eigenvalue weighted by atomic mass is 10.0. The number of ether oxygens (including phenoxy) is 1. The summed E-state index contributed by atoms with van der Waals surface area (Å²) in [5.74, 6) is 0.837. The van der Waals surface area contributed by atoms with Crippen LogP contribution in [-0.2, 0) is 11.2 Å². The molecule has 1 unspecified atom stereocenters. The van der Waals surface area contributed by atoms with Gasteiger partial charge in [-0.15, -0.1) is 24.0 Å². The van der Waals surface area contributed by atoms with Gasteiger partial charge >= 0.3 is 0 Å². The average molecular weight is 462 g/mol. The average Bonchev–Trinajstić information content (AvgIpc) is 2.60. The van der Waals surface area contributed by atoms with Gasteiger partial charge in [0.1, 0.15) is 0 Å². The van der Waals surface area contributed by atoms with Crippen LogP contribution < -0.4 is 10.6 Å². The SMILES string of the molecule is CCOCCCNC(=NC)NCC(c1ccc(CC)cc1)N(C)C.I. The third-order valence-corrected chi connectivity index (χ3v) is 4.04. The van der Waals surface area contributed by atoms with Gasteiger partial charge in [-0.05, 0) is 45.0 Å². The van der Waals surface area contributed by atoms with Gasteiger partial charge in [-0.2, -0.15) is 0 Å². The molecule has 2 N–H and O–H groups in total. The van der Waals surface area contributed by atoms with Crippen LogP contribution in [0.2, 0.25) is 0 Å². The molecule has 5 nitrogen and oxygen atoms in total. The van der Waals surface area contributed by atoms with Crippen molar-refractivity contribution in [3.05, 3.63) is 35.4 Å². The third kappa shape index (κ3) is 9.42. The minimum atomic E-state index is 0. The van der Waals surface area contributed by atoms with Gasteiger partial charge in [0.2, 0.25) is 0 Å². The molecule has 0 spiro atoms. The Morgan fingerprint density at radius 3 is 2.36 bits per heavy atom. The van der Waals surface area contributed by atoms with E-state index >= 15 is 0 Å². The molecular weight excluding hydrogens is 427 g/mol. The number of aliphatic imine (C=N–C) groups is 1. The highest BCUT2D eigenvalue weighted by atomic mass is 127. The molecule has 6 heteroatoms. The highest BCUT2D eigenvalue weighted by molar-refractivity contribution is 14.0. The summed E-state index contributed by atoms with van der Waals surface area (Å²) in [6.45, 7) is 7.42. The third-order valence-electron chi connectivity index (χ3n) is 4.04. The van der Waals surface area contributed by atoms with Crippen LogP contribution in [0, 0.1) is 0 Å². The van der Waals surface area contributed by atoms with E-state index in [9.17, 15) is 0 Å². The fourth-order valence-electron chi connectivity index (χ4n) is 2.51. The number of likely N-dealkylation sites (N-methyl/N-ethyl adjacent to an activating group) is 1. The van der Waals surface area contributed by atoms with E-state index in [-0.39, 0.29) is 24.0 Å². The topological polar surface area (TPSA) is 48.9 Å². The molecular formula is C19H35IN4O. The first-order valence-corrected chi connectivity index (χ1v) is 8.89. The van der Waals surface area contributed by atoms with Crippen LogP contribution in [0.5, 0.6) is 0 Å². The molecule has 0 saturated carbocycles. The van der Waals surface area contributed by atoms with Crippen molar-refractivity contribution in [2.45, 2.75) is 32.7 Å². The lowest BCUT2D eigenvalue weighted by molar-refractivity contribution is 0.145. The van der Waals surface area contributed by atoms with Crippen LogP contribution in [0.25, 0.3) is 0 Å². The predicted octanol–water partition coefficient (Wildman–Crippen LogP) is 3.06. The van der Waals surface area contributed by atoms with E-state index in [0.717, 1.165) is 45.1 Å². The molecule has 0 bridgehead atoms. The van der Waals surface area contributed by atoms with Crippen LogP contribution in [0.1, 0.15) is 37.4 Å². The molecule has 0 aliphatic carbocycles. The van der Waals surface area contributed by atoms with Gasteiger partial charge in [-0.3, -0.25) is 4.99 Å². The number of nitrogens with zero attached hydrogens (tertiary/aromatic N) is 2. The first-order valence-electron chi connectivity index (χ1n) is 8.89. The van der Waals surface area contributed by atoms with Gasteiger partial charge < -0.3 is 20.3 Å². The van der Waals surface area contributed by atoms with Crippen LogP contribution >= 0.6 is 24.0 Å². The van der Waals surface area contributed by atoms with Crippen LogP contribution in [0.4, 0.5) is 0 Å². The Labute approximate surface area is 170 Å². The van der Waals surface area contributed by atoms with E-state index in [0.29, 0.717) is 6.04 Å². The summed E-state index contributed by atoms with van der Waals surface area (Å²) in [5.41, 5.74) is 2.69. The van der Waals surface area contributed by atoms with Crippen molar-refractivity contribution in [1.82, 2.24) is 15.5 Å². The van der Waals surface area contributed by atoms with Gasteiger partial charge in [-0.25, -0.2) is 0 Å². The number of halogens is 1. The smallest absolute Gasteiger partial charge is 0.191 e. The zero-order chi connectivity index (χ0) is 17.8. The molecule has 1 atom stereocenters. The Balaban J connectivity index is 0.00000576. The molecule has 1 rings (SSSR count). The molecule has 0 fully saturated rings. The maximum Gasteiger partial charge on any atom is 0.191 e. The van der Waals surface area contributed by atoms with Crippen molar-refractivity contribution in [2.24, 2.45) is 4.99 Å². The molecule has 144 valence electrons. The van der Waals surface area contributed by atoms with Crippen molar-refractivity contribution in [3.63, 3.8) is 0 Å². The second-order valence-corrected chi connectivity index (χ2v) is 6.00. The maximum absolute atomic E-state index is 5.35. The van der Waals surface area contributed by atoms with Crippen LogP contribution in [-0.4, -0.2) is 58.3 Å². The number of rotatable bonds is 10. The van der Waals surface area contributed by atoms with E-state index in [1.165, 1.54) is 11.1 Å². The molecule has 0 radical (unpaired) electrons. The minimum Gasteiger partial charge on any atom is -0.382 e. The van der Waals surface area contributed by atoms with Gasteiger partial charge in [0.15, 0.2) is 5.96 Å². The number of hydrogen-bond acceptors (Lipinski definition) is 3. The summed E-state index contributed by atoms with van der Waals surface area (Å²) in [7, 11) is 6.02. The fraction of sp³-hybridized carbons (Fsp3) is 0.632. The van der Waals surface area contributed by atoms with Gasteiger partial charge in [0.25, 0.3) is 0 Å². The molecule has 0 aliphatic heterocycles. The molecule has 0 amide bonds. The molecule has 0 saturated heterocycles. The predicted molar refractivity (Wildman–Crippen MR) is 118 cm³/mol. The number of guanidine groups is 1. The largest absolute Gasteiger partial charge is 0.382 e. The van der Waals surface area contributed by atoms with Gasteiger partial charge in [0, 0.05) is 33.4 Å². The summed E-state index contributed by atoms with van der Waals surface area (Å²) in [6, 6.07) is 9.18. The molecule has 1 aromatic rings. The highest BCUT2D eigenvalue weighted by Gasteiger charge is 2.14. The maximum atomic E-state index is 5.35. The zero-order valence-corrected chi connectivity index (χ0v) is 18.7. The Hall–Kier alpha value is -0.860. The zero-order valence-electron chi connectivity index (χ0n) is 16.3. The standard InChI is InChI=1S/C19H34N4O.HI/c1-6-16-9-11-17(12-10-16)18(23(4)5)15-22-19(20-3)21-13-8-14-24-7-2;/h9-12,18H,6-8,13-15H2,1-5H3,(H2,20,21,22);1H. The molecule has 0 aromatic heterocycles. The lowest BCUT2D eigenvalue weighted by Gasteiger charge is -2.26. The second kappa shape index (κ2) is 14.3. The lowest BCUT2D eigenvalue weighted by Crippen LogP contribution is -2.42. The summed E-state index contributed by atoms with van der Waals surface area (Å²) in [6.07, 6.45) is 2.05. The molecule has 25 heavy (non-hydrogen) atoms. The quantitative estimate of drug-likeness (QED) is 0.243. The first-order chi connectivity index (χ1) is 11.6. The van der Waals surface area contributed by atoms with Crippen LogP contribution in [0.15, 0.2) is 29.3 Å². The van der Waals surface area contributed by atoms with Crippen molar-refractivity contribution < 1.29 is 4.74 Å². The molecule has 0 heterocycles. The Morgan fingerprint density at radius 2 is 1.84 bits per heavy atom. The second-order valence-electron chi connectivity index (χ2n) is 6.00. The van der Waals surface area contributed by atoms with Crippen molar-refractivity contribution in [3.8, 4) is 0 Å². The Morgan fingerprint density at radius 1 is 1.16 bits per heavy atom. The van der Waals surface area contributed by atoms with Crippen molar-refractivity contribution in [1.29, 1.82) is 0 Å². The Bertz CT molecular complexity index is 477. The first kappa shape index (κ1) is 24.1. The summed E-state index contributed by atoms with van der Waals surface area (Å²) in [4.78, 5) is 6.53. The number of benzene rings is 1. The van der Waals surface area contributed by atoms with E-state index in [1.807, 2.05) is 6.92 Å². The van der Waals surface area contributed by atoms with E-state index < -0.39 is 0 Å². The van der Waals surface area contributed by atoms with Gasteiger partial charge in [0.05, 0.1) is 6.04 Å².